The smallest absolute Gasteiger partial charge is 0.410 e. The lowest BCUT2D eigenvalue weighted by Crippen LogP contribution is -2.50. The van der Waals surface area contributed by atoms with E-state index in [9.17, 15) is 14.0 Å². The van der Waals surface area contributed by atoms with Crippen molar-refractivity contribution >= 4 is 18.1 Å². The molecule has 28 heavy (non-hydrogen) atoms. The van der Waals surface area contributed by atoms with E-state index in [1.807, 2.05) is 20.8 Å². The van der Waals surface area contributed by atoms with Gasteiger partial charge in [0.2, 0.25) is 5.91 Å². The number of carbonyl (C=O) groups is 2. The Morgan fingerprint density at radius 1 is 1.18 bits per heavy atom. The lowest BCUT2D eigenvalue weighted by atomic mass is 10.2. The predicted molar refractivity (Wildman–Crippen MR) is 107 cm³/mol. The SMILES string of the molecule is CC(C)(C)OC(=O)N1CCN(CCCNC(=O)/C=C/c2ccccc2F)CC1. The second kappa shape index (κ2) is 10.2. The van der Waals surface area contributed by atoms with Crippen LogP contribution in [0.25, 0.3) is 6.08 Å². The molecule has 1 aliphatic heterocycles. The first-order valence-corrected chi connectivity index (χ1v) is 9.65. The molecule has 1 N–H and O–H groups in total. The number of piperazine rings is 1. The topological polar surface area (TPSA) is 61.9 Å². The zero-order valence-corrected chi connectivity index (χ0v) is 16.9. The van der Waals surface area contributed by atoms with Gasteiger partial charge in [0.1, 0.15) is 11.4 Å². The monoisotopic (exact) mass is 391 g/mol. The van der Waals surface area contributed by atoms with Crippen molar-refractivity contribution < 1.29 is 18.7 Å². The average molecular weight is 391 g/mol. The number of halogens is 1. The molecule has 0 spiro atoms. The second-order valence-corrected chi connectivity index (χ2v) is 7.81. The first-order valence-electron chi connectivity index (χ1n) is 9.65. The molecule has 1 aromatic carbocycles. The molecule has 7 heteroatoms. The van der Waals surface area contributed by atoms with Crippen LogP contribution in [-0.4, -0.2) is 66.7 Å². The Kier molecular flexibility index (Phi) is 7.99. The van der Waals surface area contributed by atoms with Crippen LogP contribution in [0.15, 0.2) is 30.3 Å². The molecular formula is C21H30FN3O3. The summed E-state index contributed by atoms with van der Waals surface area (Å²) in [5.41, 5.74) is -0.0897. The molecule has 0 aromatic heterocycles. The van der Waals surface area contributed by atoms with Gasteiger partial charge in [0.25, 0.3) is 0 Å². The first kappa shape index (κ1) is 21.9. The summed E-state index contributed by atoms with van der Waals surface area (Å²) in [6.07, 6.45) is 3.37. The molecule has 0 atom stereocenters. The molecule has 1 aromatic rings. The van der Waals surface area contributed by atoms with E-state index < -0.39 is 5.60 Å². The van der Waals surface area contributed by atoms with Crippen LogP contribution in [0, 0.1) is 5.82 Å². The molecule has 0 bridgehead atoms. The fraction of sp³-hybridized carbons (Fsp3) is 0.524. The minimum Gasteiger partial charge on any atom is -0.444 e. The third-order valence-electron chi connectivity index (χ3n) is 4.29. The van der Waals surface area contributed by atoms with Gasteiger partial charge in [-0.1, -0.05) is 18.2 Å². The van der Waals surface area contributed by atoms with Crippen molar-refractivity contribution in [3.05, 3.63) is 41.7 Å². The number of ether oxygens (including phenoxy) is 1. The maximum absolute atomic E-state index is 13.5. The normalized spacial score (nSPS) is 15.6. The van der Waals surface area contributed by atoms with E-state index in [-0.39, 0.29) is 17.8 Å². The number of amides is 2. The summed E-state index contributed by atoms with van der Waals surface area (Å²) >= 11 is 0. The van der Waals surface area contributed by atoms with Gasteiger partial charge in [0.15, 0.2) is 0 Å². The highest BCUT2D eigenvalue weighted by molar-refractivity contribution is 5.91. The lowest BCUT2D eigenvalue weighted by Gasteiger charge is -2.35. The minimum absolute atomic E-state index is 0.238. The van der Waals surface area contributed by atoms with Crippen molar-refractivity contribution in [2.75, 3.05) is 39.3 Å². The number of benzene rings is 1. The van der Waals surface area contributed by atoms with E-state index in [0.29, 0.717) is 25.2 Å². The molecule has 1 aliphatic rings. The van der Waals surface area contributed by atoms with Crippen LogP contribution < -0.4 is 5.32 Å². The highest BCUT2D eigenvalue weighted by atomic mass is 19.1. The van der Waals surface area contributed by atoms with Gasteiger partial charge in [-0.15, -0.1) is 0 Å². The van der Waals surface area contributed by atoms with Gasteiger partial charge in [0, 0.05) is 44.4 Å². The van der Waals surface area contributed by atoms with E-state index in [4.69, 9.17) is 4.74 Å². The van der Waals surface area contributed by atoms with Crippen LogP contribution >= 0.6 is 0 Å². The van der Waals surface area contributed by atoms with Crippen LogP contribution in [0.5, 0.6) is 0 Å². The molecule has 0 saturated carbocycles. The number of rotatable bonds is 6. The Morgan fingerprint density at radius 2 is 1.86 bits per heavy atom. The Labute approximate surface area is 166 Å². The van der Waals surface area contributed by atoms with Gasteiger partial charge in [-0.2, -0.15) is 0 Å². The van der Waals surface area contributed by atoms with Crippen LogP contribution in [0.3, 0.4) is 0 Å². The summed E-state index contributed by atoms with van der Waals surface area (Å²) in [4.78, 5) is 27.9. The summed E-state index contributed by atoms with van der Waals surface area (Å²) < 4.78 is 18.9. The van der Waals surface area contributed by atoms with E-state index >= 15 is 0 Å². The van der Waals surface area contributed by atoms with Crippen LogP contribution in [0.1, 0.15) is 32.8 Å². The van der Waals surface area contributed by atoms with E-state index in [1.54, 1.807) is 23.1 Å². The highest BCUT2D eigenvalue weighted by Gasteiger charge is 2.25. The Hall–Kier alpha value is -2.41. The number of hydrogen-bond acceptors (Lipinski definition) is 4. The van der Waals surface area contributed by atoms with Crippen molar-refractivity contribution in [3.8, 4) is 0 Å². The first-order chi connectivity index (χ1) is 13.2. The number of hydrogen-bond donors (Lipinski definition) is 1. The molecule has 0 aliphatic carbocycles. The summed E-state index contributed by atoms with van der Waals surface area (Å²) in [5, 5.41) is 2.81. The number of carbonyl (C=O) groups excluding carboxylic acids is 2. The van der Waals surface area contributed by atoms with Gasteiger partial charge in [-0.05, 0) is 45.9 Å². The molecule has 2 rings (SSSR count). The second-order valence-electron chi connectivity index (χ2n) is 7.81. The summed E-state index contributed by atoms with van der Waals surface area (Å²) in [6, 6.07) is 6.32. The Morgan fingerprint density at radius 3 is 2.50 bits per heavy atom. The van der Waals surface area contributed by atoms with Gasteiger partial charge in [-0.3, -0.25) is 9.69 Å². The molecule has 154 valence electrons. The minimum atomic E-state index is -0.479. The Balaban J connectivity index is 1.61. The molecule has 6 nitrogen and oxygen atoms in total. The number of nitrogens with one attached hydrogen (secondary N) is 1. The highest BCUT2D eigenvalue weighted by Crippen LogP contribution is 2.12. The molecule has 2 amide bonds. The maximum Gasteiger partial charge on any atom is 0.410 e. The van der Waals surface area contributed by atoms with Gasteiger partial charge < -0.3 is 15.0 Å². The molecule has 1 heterocycles. The van der Waals surface area contributed by atoms with Crippen LogP contribution in [0.2, 0.25) is 0 Å². The number of nitrogens with zero attached hydrogens (tertiary/aromatic N) is 2. The maximum atomic E-state index is 13.5. The van der Waals surface area contributed by atoms with Crippen molar-refractivity contribution in [2.45, 2.75) is 32.8 Å². The molecule has 0 radical (unpaired) electrons. The predicted octanol–water partition coefficient (Wildman–Crippen LogP) is 2.90. The Bertz CT molecular complexity index is 692. The summed E-state index contributed by atoms with van der Waals surface area (Å²) in [6.45, 7) is 9.86. The van der Waals surface area contributed by atoms with Crippen LogP contribution in [0.4, 0.5) is 9.18 Å². The third kappa shape index (κ3) is 7.68. The van der Waals surface area contributed by atoms with E-state index in [0.717, 1.165) is 26.1 Å². The fourth-order valence-electron chi connectivity index (χ4n) is 2.83. The standard InChI is InChI=1S/C21H30FN3O3/c1-21(2,3)28-20(27)25-15-13-24(14-16-25)12-6-11-23-19(26)10-9-17-7-4-5-8-18(17)22/h4-5,7-10H,6,11-16H2,1-3H3,(H,23,26)/b10-9+. The lowest BCUT2D eigenvalue weighted by molar-refractivity contribution is -0.116. The van der Waals surface area contributed by atoms with Gasteiger partial charge in [0.05, 0.1) is 0 Å². The molecule has 1 saturated heterocycles. The summed E-state index contributed by atoms with van der Waals surface area (Å²) in [7, 11) is 0. The molecular weight excluding hydrogens is 361 g/mol. The quantitative estimate of drug-likeness (QED) is 0.598. The zero-order valence-electron chi connectivity index (χ0n) is 16.9. The largest absolute Gasteiger partial charge is 0.444 e. The summed E-state index contributed by atoms with van der Waals surface area (Å²) in [5.74, 6) is -0.588. The van der Waals surface area contributed by atoms with Crippen molar-refractivity contribution in [3.63, 3.8) is 0 Å². The molecule has 0 unspecified atom stereocenters. The van der Waals surface area contributed by atoms with Crippen molar-refractivity contribution in [2.24, 2.45) is 0 Å². The zero-order chi connectivity index (χ0) is 20.6. The van der Waals surface area contributed by atoms with Gasteiger partial charge >= 0.3 is 6.09 Å². The molecule has 1 fully saturated rings. The third-order valence-corrected chi connectivity index (χ3v) is 4.29. The van der Waals surface area contributed by atoms with E-state index in [2.05, 4.69) is 10.2 Å². The van der Waals surface area contributed by atoms with Gasteiger partial charge in [-0.25, -0.2) is 9.18 Å². The average Bonchev–Trinajstić information content (AvgIpc) is 2.63. The van der Waals surface area contributed by atoms with Crippen LogP contribution in [-0.2, 0) is 9.53 Å². The fourth-order valence-corrected chi connectivity index (χ4v) is 2.83. The van der Waals surface area contributed by atoms with Crippen molar-refractivity contribution in [1.82, 2.24) is 15.1 Å². The van der Waals surface area contributed by atoms with Crippen molar-refractivity contribution in [1.29, 1.82) is 0 Å². The van der Waals surface area contributed by atoms with E-state index in [1.165, 1.54) is 18.2 Å².